The molecule has 0 unspecified atom stereocenters. The second-order valence-corrected chi connectivity index (χ2v) is 11.9. The van der Waals surface area contributed by atoms with E-state index in [9.17, 15) is 24.0 Å². The van der Waals surface area contributed by atoms with E-state index in [1.807, 2.05) is 48.5 Å². The lowest BCUT2D eigenvalue weighted by Crippen LogP contribution is -2.57. The monoisotopic (exact) mass is 597 g/mol. The van der Waals surface area contributed by atoms with Gasteiger partial charge in [-0.15, -0.1) is 0 Å². The Morgan fingerprint density at radius 1 is 0.791 bits per heavy atom. The number of benzene rings is 2. The van der Waals surface area contributed by atoms with Gasteiger partial charge >= 0.3 is 24.1 Å². The van der Waals surface area contributed by atoms with Crippen LogP contribution in [0.25, 0.3) is 11.1 Å². The highest BCUT2D eigenvalue weighted by Crippen LogP contribution is 2.44. The molecule has 0 radical (unpaired) electrons. The SMILES string of the molecule is COC(=O)CN(NC(=O)OC(C)(C)C)C(=O)[C@@H](CC(=O)OC(C)(C)C)NC(=O)OCC1c2ccccc2-c2ccccc21. The number of alkyl carbamates (subject to hydrolysis) is 1. The molecule has 0 aromatic heterocycles. The van der Waals surface area contributed by atoms with E-state index >= 15 is 0 Å². The molecule has 3 amide bonds. The van der Waals surface area contributed by atoms with Crippen LogP contribution in [0.3, 0.4) is 0 Å². The molecule has 12 heteroatoms. The van der Waals surface area contributed by atoms with Gasteiger partial charge < -0.3 is 24.3 Å². The Morgan fingerprint density at radius 3 is 1.84 bits per heavy atom. The number of hydrogen-bond donors (Lipinski definition) is 2. The summed E-state index contributed by atoms with van der Waals surface area (Å²) >= 11 is 0. The number of nitrogens with one attached hydrogen (secondary N) is 2. The van der Waals surface area contributed by atoms with Gasteiger partial charge in [0.2, 0.25) is 0 Å². The fourth-order valence-corrected chi connectivity index (χ4v) is 4.50. The summed E-state index contributed by atoms with van der Waals surface area (Å²) in [7, 11) is 1.10. The number of nitrogens with zero attached hydrogens (tertiary/aromatic N) is 1. The zero-order valence-corrected chi connectivity index (χ0v) is 25.5. The minimum atomic E-state index is -1.58. The van der Waals surface area contributed by atoms with Gasteiger partial charge in [0.1, 0.15) is 30.4 Å². The lowest BCUT2D eigenvalue weighted by atomic mass is 9.98. The number of hydrogen-bond acceptors (Lipinski definition) is 9. The van der Waals surface area contributed by atoms with Crippen molar-refractivity contribution in [2.75, 3.05) is 20.3 Å². The molecule has 1 atom stereocenters. The zero-order chi connectivity index (χ0) is 31.9. The molecule has 0 saturated carbocycles. The van der Waals surface area contributed by atoms with Crippen molar-refractivity contribution < 1.29 is 42.9 Å². The number of carbonyl (C=O) groups is 5. The van der Waals surface area contributed by atoms with E-state index in [4.69, 9.17) is 14.2 Å². The molecule has 2 aromatic carbocycles. The molecular weight excluding hydrogens is 558 g/mol. The molecule has 12 nitrogen and oxygen atoms in total. The lowest BCUT2D eigenvalue weighted by molar-refractivity contribution is -0.158. The Labute approximate surface area is 251 Å². The second-order valence-electron chi connectivity index (χ2n) is 11.9. The van der Waals surface area contributed by atoms with Crippen molar-refractivity contribution in [1.82, 2.24) is 15.8 Å². The molecule has 0 spiro atoms. The van der Waals surface area contributed by atoms with Crippen LogP contribution in [0.2, 0.25) is 0 Å². The molecular formula is C31H39N3O9. The normalized spacial score (nSPS) is 13.1. The van der Waals surface area contributed by atoms with Crippen molar-refractivity contribution in [1.29, 1.82) is 0 Å². The van der Waals surface area contributed by atoms with Crippen molar-refractivity contribution in [3.8, 4) is 11.1 Å². The van der Waals surface area contributed by atoms with Crippen LogP contribution in [-0.2, 0) is 33.3 Å². The summed E-state index contributed by atoms with van der Waals surface area (Å²) in [5.74, 6) is -2.93. The summed E-state index contributed by atoms with van der Waals surface area (Å²) in [6.07, 6.45) is -2.64. The Morgan fingerprint density at radius 2 is 1.33 bits per heavy atom. The minimum Gasteiger partial charge on any atom is -0.468 e. The van der Waals surface area contributed by atoms with E-state index in [1.165, 1.54) is 0 Å². The summed E-state index contributed by atoms with van der Waals surface area (Å²) in [5.41, 5.74) is 4.45. The average Bonchev–Trinajstić information content (AvgIpc) is 3.22. The van der Waals surface area contributed by atoms with Gasteiger partial charge in [0.05, 0.1) is 13.5 Å². The fraction of sp³-hybridized carbons (Fsp3) is 0.452. The van der Waals surface area contributed by atoms with Gasteiger partial charge in [-0.1, -0.05) is 48.5 Å². The van der Waals surface area contributed by atoms with Crippen LogP contribution in [0.4, 0.5) is 9.59 Å². The summed E-state index contributed by atoms with van der Waals surface area (Å²) in [6.45, 7) is 9.01. The van der Waals surface area contributed by atoms with Gasteiger partial charge in [0, 0.05) is 5.92 Å². The van der Waals surface area contributed by atoms with Crippen molar-refractivity contribution in [3.05, 3.63) is 59.7 Å². The van der Waals surface area contributed by atoms with Crippen LogP contribution < -0.4 is 10.7 Å². The smallest absolute Gasteiger partial charge is 0.426 e. The highest BCUT2D eigenvalue weighted by molar-refractivity contribution is 5.92. The van der Waals surface area contributed by atoms with Gasteiger partial charge in [-0.3, -0.25) is 14.4 Å². The summed E-state index contributed by atoms with van der Waals surface area (Å²) in [4.78, 5) is 63.9. The fourth-order valence-electron chi connectivity index (χ4n) is 4.50. The van der Waals surface area contributed by atoms with E-state index in [-0.39, 0.29) is 12.5 Å². The van der Waals surface area contributed by atoms with Crippen LogP contribution in [0.15, 0.2) is 48.5 Å². The van der Waals surface area contributed by atoms with Gasteiger partial charge in [-0.2, -0.15) is 0 Å². The third-order valence-corrected chi connectivity index (χ3v) is 6.13. The molecule has 0 bridgehead atoms. The van der Waals surface area contributed by atoms with Crippen LogP contribution in [0.5, 0.6) is 0 Å². The van der Waals surface area contributed by atoms with Crippen molar-refractivity contribution in [3.63, 3.8) is 0 Å². The molecule has 232 valence electrons. The zero-order valence-electron chi connectivity index (χ0n) is 25.5. The number of methoxy groups -OCH3 is 1. The molecule has 2 N–H and O–H groups in total. The highest BCUT2D eigenvalue weighted by atomic mass is 16.6. The maximum Gasteiger partial charge on any atom is 0.426 e. The number of rotatable bonds is 8. The molecule has 0 aliphatic heterocycles. The van der Waals surface area contributed by atoms with Crippen molar-refractivity contribution >= 4 is 30.0 Å². The topological polar surface area (TPSA) is 150 Å². The first kappa shape index (κ1) is 32.9. The maximum atomic E-state index is 13.6. The molecule has 1 aliphatic rings. The first-order valence-corrected chi connectivity index (χ1v) is 13.8. The van der Waals surface area contributed by atoms with E-state index in [1.54, 1.807) is 41.5 Å². The molecule has 0 saturated heterocycles. The molecule has 0 fully saturated rings. The van der Waals surface area contributed by atoms with Crippen molar-refractivity contribution in [2.45, 2.75) is 71.1 Å². The molecule has 2 aromatic rings. The maximum absolute atomic E-state index is 13.6. The quantitative estimate of drug-likeness (QED) is 0.261. The molecule has 3 rings (SSSR count). The molecule has 43 heavy (non-hydrogen) atoms. The van der Waals surface area contributed by atoms with Gasteiger partial charge in [-0.25, -0.2) is 20.0 Å². The van der Waals surface area contributed by atoms with E-state index in [0.29, 0.717) is 5.01 Å². The number of amides is 3. The van der Waals surface area contributed by atoms with E-state index in [0.717, 1.165) is 29.4 Å². The number of carbonyl (C=O) groups excluding carboxylic acids is 5. The first-order valence-electron chi connectivity index (χ1n) is 13.8. The summed E-state index contributed by atoms with van der Waals surface area (Å²) < 4.78 is 20.7. The Balaban J connectivity index is 1.80. The third kappa shape index (κ3) is 9.45. The summed E-state index contributed by atoms with van der Waals surface area (Å²) in [5, 5.41) is 3.01. The largest absolute Gasteiger partial charge is 0.468 e. The number of ether oxygens (including phenoxy) is 4. The molecule has 1 aliphatic carbocycles. The summed E-state index contributed by atoms with van der Waals surface area (Å²) in [6, 6.07) is 14.0. The third-order valence-electron chi connectivity index (χ3n) is 6.13. The highest BCUT2D eigenvalue weighted by Gasteiger charge is 2.35. The van der Waals surface area contributed by atoms with Crippen LogP contribution >= 0.6 is 0 Å². The Hall–Kier alpha value is -4.61. The second kappa shape index (κ2) is 13.6. The van der Waals surface area contributed by atoms with Gasteiger partial charge in [0.15, 0.2) is 0 Å². The van der Waals surface area contributed by atoms with Crippen LogP contribution in [-0.4, -0.2) is 72.5 Å². The predicted octanol–water partition coefficient (Wildman–Crippen LogP) is 4.07. The Bertz CT molecular complexity index is 1320. The van der Waals surface area contributed by atoms with Crippen molar-refractivity contribution in [2.24, 2.45) is 0 Å². The standard InChI is InChI=1S/C31H39N3O9/c1-30(2,3)42-25(35)16-24(27(37)34(17-26(36)40-7)33-29(39)43-31(4,5)6)32-28(38)41-18-23-21-14-10-8-12-19(21)20-13-9-11-15-22(20)23/h8-15,23-24H,16-18H2,1-7H3,(H,32,38)(H,33,39)/t24-/m1/s1. The minimum absolute atomic E-state index is 0.0464. The first-order chi connectivity index (χ1) is 20.1. The Kier molecular flexibility index (Phi) is 10.4. The van der Waals surface area contributed by atoms with Crippen LogP contribution in [0, 0.1) is 0 Å². The van der Waals surface area contributed by atoms with Gasteiger partial charge in [-0.05, 0) is 63.8 Å². The number of hydrazine groups is 1. The van der Waals surface area contributed by atoms with Gasteiger partial charge in [0.25, 0.3) is 5.91 Å². The van der Waals surface area contributed by atoms with E-state index in [2.05, 4.69) is 15.5 Å². The number of esters is 2. The number of fused-ring (bicyclic) bond motifs is 3. The molecule has 0 heterocycles. The van der Waals surface area contributed by atoms with Crippen LogP contribution in [0.1, 0.15) is 65.0 Å². The average molecular weight is 598 g/mol. The predicted molar refractivity (Wildman–Crippen MR) is 156 cm³/mol. The lowest BCUT2D eigenvalue weighted by Gasteiger charge is -2.29. The van der Waals surface area contributed by atoms with E-state index < -0.39 is 60.2 Å².